The number of hydrogen-bond donors (Lipinski definition) is 5. The normalized spacial score (nSPS) is 17.0. The smallest absolute Gasteiger partial charge is 0.406 e. The average Bonchev–Trinajstić information content (AvgIpc) is 3.67. The van der Waals surface area contributed by atoms with Gasteiger partial charge in [-0.05, 0) is 91.1 Å². The minimum absolute atomic E-state index is 0.00620. The topological polar surface area (TPSA) is 172 Å². The molecule has 290 valence electrons. The van der Waals surface area contributed by atoms with Crippen molar-refractivity contribution in [3.8, 4) is 11.4 Å². The van der Waals surface area contributed by atoms with Crippen LogP contribution in [0.25, 0.3) is 16.7 Å². The van der Waals surface area contributed by atoms with Crippen LogP contribution >= 0.6 is 0 Å². The number of alkyl halides is 3. The van der Waals surface area contributed by atoms with Crippen LogP contribution in [-0.2, 0) is 22.0 Å². The standard InChI is InChI=1S/C22H31N7O.C17H24F3NO2/c1-14(25-10-5-11-26-20(23)24)15-6-8-17(9-7-15)29-13-16-12-18(22(2,3)4)27-19(16)28-21(29)30;1-16(2,3)13-6-11(4-5-12-9-22-10-15(12)21)7-14(8-13)23-17(18,19)20/h6-9,12-14,25H,5,10-11H2,1-4H3,(H4,23,24,26)(H,27,28,30);6-8,12,15H,4-5,9-10,21H2,1-3H3/t14-;/m0./s1. The summed E-state index contributed by atoms with van der Waals surface area (Å²) in [5.74, 6) is 0.211. The summed E-state index contributed by atoms with van der Waals surface area (Å²) in [5, 5.41) is 4.36. The Hall–Kier alpha value is -4.40. The van der Waals surface area contributed by atoms with Crippen molar-refractivity contribution in [1.82, 2.24) is 19.9 Å². The van der Waals surface area contributed by atoms with Gasteiger partial charge in [-0.25, -0.2) is 4.79 Å². The quantitative estimate of drug-likeness (QED) is 0.0696. The molecule has 5 rings (SSSR count). The summed E-state index contributed by atoms with van der Waals surface area (Å²) >= 11 is 0. The van der Waals surface area contributed by atoms with E-state index in [1.165, 1.54) is 12.1 Å². The molecule has 1 aliphatic heterocycles. The molecule has 3 heterocycles. The second-order valence-corrected chi connectivity index (χ2v) is 15.7. The van der Waals surface area contributed by atoms with E-state index in [4.69, 9.17) is 21.9 Å². The first kappa shape index (κ1) is 41.4. The summed E-state index contributed by atoms with van der Waals surface area (Å²) in [5.41, 5.74) is 21.3. The number of halogens is 3. The van der Waals surface area contributed by atoms with E-state index in [-0.39, 0.29) is 46.2 Å². The second-order valence-electron chi connectivity index (χ2n) is 15.7. The summed E-state index contributed by atoms with van der Waals surface area (Å²) in [6.45, 7) is 16.9. The van der Waals surface area contributed by atoms with Gasteiger partial charge in [0, 0.05) is 41.3 Å². The number of nitrogens with one attached hydrogen (secondary N) is 2. The van der Waals surface area contributed by atoms with Gasteiger partial charge < -0.3 is 37.0 Å². The first-order valence-corrected chi connectivity index (χ1v) is 17.9. The zero-order valence-electron chi connectivity index (χ0n) is 31.8. The van der Waals surface area contributed by atoms with Crippen molar-refractivity contribution in [2.24, 2.45) is 28.1 Å². The highest BCUT2D eigenvalue weighted by Gasteiger charge is 2.32. The van der Waals surface area contributed by atoms with Crippen molar-refractivity contribution in [2.45, 2.75) is 97.0 Å². The lowest BCUT2D eigenvalue weighted by Gasteiger charge is -2.22. The number of aromatic amines is 1. The molecule has 2 aromatic heterocycles. The van der Waals surface area contributed by atoms with E-state index in [0.717, 1.165) is 52.8 Å². The Morgan fingerprint density at radius 2 is 1.75 bits per heavy atom. The zero-order valence-corrected chi connectivity index (χ0v) is 31.8. The molecule has 2 unspecified atom stereocenters. The van der Waals surface area contributed by atoms with Crippen molar-refractivity contribution in [3.05, 3.63) is 87.6 Å². The highest BCUT2D eigenvalue weighted by molar-refractivity contribution is 5.76. The number of hydrogen-bond acceptors (Lipinski definition) is 7. The van der Waals surface area contributed by atoms with Crippen molar-refractivity contribution in [2.75, 3.05) is 26.3 Å². The average molecular weight is 741 g/mol. The number of nitrogens with two attached hydrogens (primary N) is 3. The number of fused-ring (bicyclic) bond motifs is 1. The van der Waals surface area contributed by atoms with E-state index >= 15 is 0 Å². The number of rotatable bonds is 11. The summed E-state index contributed by atoms with van der Waals surface area (Å²) in [6.07, 6.45) is -0.541. The molecule has 1 fully saturated rings. The fraction of sp³-hybridized carbons (Fsp3) is 0.513. The van der Waals surface area contributed by atoms with Gasteiger partial charge in [0.15, 0.2) is 5.96 Å². The van der Waals surface area contributed by atoms with E-state index in [1.54, 1.807) is 4.57 Å². The maximum Gasteiger partial charge on any atom is 0.573 e. The molecule has 1 aliphatic rings. The maximum atomic E-state index is 12.6. The van der Waals surface area contributed by atoms with E-state index in [9.17, 15) is 18.0 Å². The van der Waals surface area contributed by atoms with Gasteiger partial charge in [0.25, 0.3) is 0 Å². The van der Waals surface area contributed by atoms with Crippen LogP contribution in [0.4, 0.5) is 13.2 Å². The number of nitrogens with zero attached hydrogens (tertiary/aromatic N) is 3. The Kier molecular flexibility index (Phi) is 13.4. The Morgan fingerprint density at radius 3 is 2.34 bits per heavy atom. The molecule has 3 atom stereocenters. The molecular formula is C39H55F3N8O3. The molecule has 2 aromatic carbocycles. The van der Waals surface area contributed by atoms with Crippen LogP contribution in [0.1, 0.15) is 89.7 Å². The van der Waals surface area contributed by atoms with Gasteiger partial charge in [-0.3, -0.25) is 9.56 Å². The van der Waals surface area contributed by atoms with Gasteiger partial charge in [-0.2, -0.15) is 4.98 Å². The number of aliphatic imine (C=N–C) groups is 1. The minimum atomic E-state index is -4.69. The highest BCUT2D eigenvalue weighted by atomic mass is 19.4. The summed E-state index contributed by atoms with van der Waals surface area (Å²) in [7, 11) is 0. The summed E-state index contributed by atoms with van der Waals surface area (Å²) < 4.78 is 48.6. The van der Waals surface area contributed by atoms with Crippen LogP contribution < -0.4 is 32.9 Å². The lowest BCUT2D eigenvalue weighted by atomic mass is 9.85. The lowest BCUT2D eigenvalue weighted by Crippen LogP contribution is -2.28. The molecule has 0 saturated carbocycles. The number of benzene rings is 2. The third-order valence-electron chi connectivity index (χ3n) is 9.18. The van der Waals surface area contributed by atoms with Crippen molar-refractivity contribution in [1.29, 1.82) is 0 Å². The molecule has 0 aliphatic carbocycles. The first-order valence-electron chi connectivity index (χ1n) is 17.9. The molecule has 0 bridgehead atoms. The van der Waals surface area contributed by atoms with Crippen molar-refractivity contribution >= 4 is 17.0 Å². The van der Waals surface area contributed by atoms with Gasteiger partial charge in [0.2, 0.25) is 0 Å². The SMILES string of the molecule is CC(C)(C)c1cc(CCC2COCC2N)cc(OC(F)(F)F)c1.C[C@H](NCCCN=C(N)N)c1ccc(-n2cc3cc(C(C)(C)C)[nH]c3nc2=O)cc1. The van der Waals surface area contributed by atoms with Crippen LogP contribution in [0.2, 0.25) is 0 Å². The molecule has 11 nitrogen and oxygen atoms in total. The predicted molar refractivity (Wildman–Crippen MR) is 205 cm³/mol. The fourth-order valence-electron chi connectivity index (χ4n) is 5.93. The minimum Gasteiger partial charge on any atom is -0.406 e. The monoisotopic (exact) mass is 740 g/mol. The van der Waals surface area contributed by atoms with E-state index < -0.39 is 6.36 Å². The van der Waals surface area contributed by atoms with Gasteiger partial charge in [0.1, 0.15) is 11.4 Å². The van der Waals surface area contributed by atoms with E-state index in [1.807, 2.05) is 57.3 Å². The van der Waals surface area contributed by atoms with Gasteiger partial charge in [-0.1, -0.05) is 59.7 Å². The molecule has 0 amide bonds. The summed E-state index contributed by atoms with van der Waals surface area (Å²) in [6, 6.07) is 15.0. The van der Waals surface area contributed by atoms with Crippen LogP contribution in [-0.4, -0.2) is 59.2 Å². The molecule has 4 aromatic rings. The number of aryl methyl sites for hydroxylation is 1. The molecular weight excluding hydrogens is 685 g/mol. The predicted octanol–water partition coefficient (Wildman–Crippen LogP) is 6.11. The van der Waals surface area contributed by atoms with E-state index in [2.05, 4.69) is 58.8 Å². The van der Waals surface area contributed by atoms with Crippen LogP contribution in [0.5, 0.6) is 5.75 Å². The second kappa shape index (κ2) is 17.2. The Morgan fingerprint density at radius 1 is 1.06 bits per heavy atom. The fourth-order valence-corrected chi connectivity index (χ4v) is 5.93. The lowest BCUT2D eigenvalue weighted by molar-refractivity contribution is -0.274. The summed E-state index contributed by atoms with van der Waals surface area (Å²) in [4.78, 5) is 24.0. The molecule has 0 spiro atoms. The van der Waals surface area contributed by atoms with Crippen molar-refractivity contribution < 1.29 is 22.6 Å². The van der Waals surface area contributed by atoms with Gasteiger partial charge in [-0.15, -0.1) is 13.2 Å². The van der Waals surface area contributed by atoms with Gasteiger partial charge in [0.05, 0.1) is 18.9 Å². The highest BCUT2D eigenvalue weighted by Crippen LogP contribution is 2.32. The number of H-pyrrole nitrogens is 1. The van der Waals surface area contributed by atoms with Crippen molar-refractivity contribution in [3.63, 3.8) is 0 Å². The zero-order chi connectivity index (χ0) is 39.1. The molecule has 53 heavy (non-hydrogen) atoms. The van der Waals surface area contributed by atoms with Crippen LogP contribution in [0.15, 0.2) is 64.5 Å². The molecule has 14 heteroatoms. The third-order valence-corrected chi connectivity index (χ3v) is 9.18. The Labute approximate surface area is 309 Å². The van der Waals surface area contributed by atoms with Crippen LogP contribution in [0.3, 0.4) is 0 Å². The maximum absolute atomic E-state index is 12.6. The molecule has 1 saturated heterocycles. The number of guanidine groups is 1. The first-order chi connectivity index (χ1) is 24.7. The third kappa shape index (κ3) is 12.3. The Bertz CT molecular complexity index is 1890. The molecule has 8 N–H and O–H groups in total. The van der Waals surface area contributed by atoms with Crippen LogP contribution in [0, 0.1) is 5.92 Å². The number of ether oxygens (including phenoxy) is 2. The van der Waals surface area contributed by atoms with E-state index in [0.29, 0.717) is 31.8 Å². The van der Waals surface area contributed by atoms with Gasteiger partial charge >= 0.3 is 12.1 Å². The molecule has 0 radical (unpaired) electrons. The Balaban J connectivity index is 0.000000245. The largest absolute Gasteiger partial charge is 0.573 e. The number of aromatic nitrogens is 3.